The molecule has 1 heterocycles. The fourth-order valence-corrected chi connectivity index (χ4v) is 4.09. The van der Waals surface area contributed by atoms with Crippen molar-refractivity contribution in [2.24, 2.45) is 0 Å². The predicted molar refractivity (Wildman–Crippen MR) is 138 cm³/mol. The van der Waals surface area contributed by atoms with Crippen LogP contribution in [0.1, 0.15) is 30.1 Å². The zero-order chi connectivity index (χ0) is 24.5. The first kappa shape index (κ1) is 25.4. The summed E-state index contributed by atoms with van der Waals surface area (Å²) in [4.78, 5) is 31.7. The number of nitrogens with one attached hydrogen (secondary N) is 2. The maximum atomic E-state index is 13.1. The lowest BCUT2D eigenvalue weighted by atomic mass is 10.1. The number of amides is 2. The first-order valence-electron chi connectivity index (χ1n) is 11.9. The summed E-state index contributed by atoms with van der Waals surface area (Å²) in [6.45, 7) is 6.51. The van der Waals surface area contributed by atoms with Gasteiger partial charge in [-0.15, -0.1) is 0 Å². The smallest absolute Gasteiger partial charge is 0.253 e. The summed E-state index contributed by atoms with van der Waals surface area (Å²) in [5.41, 5.74) is 3.20. The van der Waals surface area contributed by atoms with E-state index in [1.807, 2.05) is 51.4 Å². The lowest BCUT2D eigenvalue weighted by Crippen LogP contribution is -2.47. The van der Waals surface area contributed by atoms with Gasteiger partial charge in [0.05, 0.1) is 18.4 Å². The number of para-hydroxylation sites is 2. The quantitative estimate of drug-likeness (QED) is 0.523. The van der Waals surface area contributed by atoms with Gasteiger partial charge in [0.25, 0.3) is 5.91 Å². The molecule has 184 valence electrons. The summed E-state index contributed by atoms with van der Waals surface area (Å²) < 4.78 is 5.53. The maximum absolute atomic E-state index is 13.1. The number of benzene rings is 2. The monoisotopic (exact) mass is 467 g/mol. The van der Waals surface area contributed by atoms with E-state index in [1.54, 1.807) is 13.2 Å². The van der Waals surface area contributed by atoms with Crippen LogP contribution < -0.4 is 25.2 Å². The van der Waals surface area contributed by atoms with Gasteiger partial charge in [-0.25, -0.2) is 0 Å². The van der Waals surface area contributed by atoms with Gasteiger partial charge in [-0.3, -0.25) is 9.59 Å². The van der Waals surface area contributed by atoms with Crippen molar-refractivity contribution in [2.75, 3.05) is 75.6 Å². The molecule has 0 aromatic heterocycles. The highest BCUT2D eigenvalue weighted by molar-refractivity contribution is 6.02. The molecule has 0 radical (unpaired) electrons. The van der Waals surface area contributed by atoms with Crippen LogP contribution in [0.25, 0.3) is 0 Å². The third kappa shape index (κ3) is 6.63. The van der Waals surface area contributed by atoms with E-state index in [0.29, 0.717) is 24.2 Å². The average molecular weight is 468 g/mol. The summed E-state index contributed by atoms with van der Waals surface area (Å²) >= 11 is 0. The zero-order valence-electron chi connectivity index (χ0n) is 20.8. The number of nitrogens with zero attached hydrogens (tertiary/aromatic N) is 3. The number of methoxy groups -OCH3 is 1. The van der Waals surface area contributed by atoms with E-state index in [4.69, 9.17) is 4.74 Å². The second-order valence-corrected chi connectivity index (χ2v) is 8.69. The number of hydrogen-bond donors (Lipinski definition) is 2. The molecule has 0 spiro atoms. The van der Waals surface area contributed by atoms with Gasteiger partial charge in [-0.05, 0) is 57.4 Å². The second-order valence-electron chi connectivity index (χ2n) is 8.69. The normalized spacial score (nSPS) is 13.7. The molecule has 2 aromatic carbocycles. The van der Waals surface area contributed by atoms with Gasteiger partial charge in [0.1, 0.15) is 5.75 Å². The van der Waals surface area contributed by atoms with Crippen LogP contribution in [0.5, 0.6) is 5.75 Å². The number of carbonyl (C=O) groups is 2. The molecular formula is C26H37N5O3. The molecule has 0 unspecified atom stereocenters. The summed E-state index contributed by atoms with van der Waals surface area (Å²) in [6, 6.07) is 13.6. The Morgan fingerprint density at radius 1 is 1.00 bits per heavy atom. The molecule has 2 amide bonds. The minimum absolute atomic E-state index is 0.0736. The Morgan fingerprint density at radius 3 is 2.32 bits per heavy atom. The molecule has 2 aromatic rings. The van der Waals surface area contributed by atoms with Gasteiger partial charge in [-0.2, -0.15) is 0 Å². The van der Waals surface area contributed by atoms with E-state index >= 15 is 0 Å². The molecule has 2 N–H and O–H groups in total. The van der Waals surface area contributed by atoms with Crippen LogP contribution >= 0.6 is 0 Å². The van der Waals surface area contributed by atoms with Gasteiger partial charge in [-0.1, -0.05) is 19.1 Å². The SMILES string of the molecule is CCC(=O)Nc1ccc(N2CCN(c3ccccc3OC)CC2)c(C(=O)NCCCN(C)C)c1. The van der Waals surface area contributed by atoms with Crippen LogP contribution in [-0.4, -0.2) is 77.2 Å². The Bertz CT molecular complexity index is 971. The fourth-order valence-electron chi connectivity index (χ4n) is 4.09. The number of hydrogen-bond acceptors (Lipinski definition) is 6. The highest BCUT2D eigenvalue weighted by atomic mass is 16.5. The second kappa shape index (κ2) is 12.3. The third-order valence-corrected chi connectivity index (χ3v) is 5.96. The van der Waals surface area contributed by atoms with Crippen LogP contribution in [-0.2, 0) is 4.79 Å². The standard InChI is InChI=1S/C26H37N5O3/c1-5-25(32)28-20-11-12-22(21(19-20)26(33)27-13-8-14-29(2)3)30-15-17-31(18-16-30)23-9-6-7-10-24(23)34-4/h6-7,9-12,19H,5,8,13-18H2,1-4H3,(H,27,33)(H,28,32). The maximum Gasteiger partial charge on any atom is 0.253 e. The van der Waals surface area contributed by atoms with Gasteiger partial charge in [0, 0.05) is 50.5 Å². The van der Waals surface area contributed by atoms with Crippen LogP contribution in [0.2, 0.25) is 0 Å². The highest BCUT2D eigenvalue weighted by Crippen LogP contribution is 2.31. The van der Waals surface area contributed by atoms with Gasteiger partial charge < -0.3 is 30.1 Å². The van der Waals surface area contributed by atoms with Crippen LogP contribution in [0.4, 0.5) is 17.1 Å². The fraction of sp³-hybridized carbons (Fsp3) is 0.462. The van der Waals surface area contributed by atoms with E-state index in [2.05, 4.69) is 31.4 Å². The van der Waals surface area contributed by atoms with Crippen molar-refractivity contribution in [1.82, 2.24) is 10.2 Å². The first-order chi connectivity index (χ1) is 16.4. The number of anilines is 3. The Kier molecular flexibility index (Phi) is 9.16. The Hall–Kier alpha value is -3.26. The van der Waals surface area contributed by atoms with Crippen molar-refractivity contribution in [3.8, 4) is 5.75 Å². The lowest BCUT2D eigenvalue weighted by Gasteiger charge is -2.38. The number of piperazine rings is 1. The Labute approximate surface area is 202 Å². The van der Waals surface area contributed by atoms with E-state index in [1.165, 1.54) is 0 Å². The molecular weight excluding hydrogens is 430 g/mol. The minimum atomic E-state index is -0.117. The van der Waals surface area contributed by atoms with E-state index in [9.17, 15) is 9.59 Å². The van der Waals surface area contributed by atoms with E-state index in [-0.39, 0.29) is 11.8 Å². The topological polar surface area (TPSA) is 77.1 Å². The van der Waals surface area contributed by atoms with Gasteiger partial charge in [0.15, 0.2) is 0 Å². The van der Waals surface area contributed by atoms with Crippen molar-refractivity contribution in [2.45, 2.75) is 19.8 Å². The van der Waals surface area contributed by atoms with Crippen molar-refractivity contribution < 1.29 is 14.3 Å². The predicted octanol–water partition coefficient (Wildman–Crippen LogP) is 3.05. The molecule has 0 atom stereocenters. The number of carbonyl (C=O) groups excluding carboxylic acids is 2. The molecule has 0 aliphatic carbocycles. The zero-order valence-corrected chi connectivity index (χ0v) is 20.8. The summed E-state index contributed by atoms with van der Waals surface area (Å²) in [5.74, 6) is 0.675. The molecule has 1 fully saturated rings. The number of ether oxygens (including phenoxy) is 1. The molecule has 1 aliphatic heterocycles. The minimum Gasteiger partial charge on any atom is -0.495 e. The highest BCUT2D eigenvalue weighted by Gasteiger charge is 2.23. The van der Waals surface area contributed by atoms with Crippen molar-refractivity contribution >= 4 is 28.9 Å². The van der Waals surface area contributed by atoms with Gasteiger partial charge in [0.2, 0.25) is 5.91 Å². The third-order valence-electron chi connectivity index (χ3n) is 5.96. The summed E-state index contributed by atoms with van der Waals surface area (Å²) in [6.07, 6.45) is 1.26. The molecule has 0 bridgehead atoms. The van der Waals surface area contributed by atoms with E-state index < -0.39 is 0 Å². The van der Waals surface area contributed by atoms with E-state index in [0.717, 1.165) is 56.3 Å². The van der Waals surface area contributed by atoms with Crippen LogP contribution in [0.3, 0.4) is 0 Å². The average Bonchev–Trinajstić information content (AvgIpc) is 2.86. The van der Waals surface area contributed by atoms with Crippen molar-refractivity contribution in [3.63, 3.8) is 0 Å². The van der Waals surface area contributed by atoms with Crippen LogP contribution in [0, 0.1) is 0 Å². The Balaban J connectivity index is 1.75. The molecule has 0 saturated carbocycles. The lowest BCUT2D eigenvalue weighted by molar-refractivity contribution is -0.115. The Morgan fingerprint density at radius 2 is 1.68 bits per heavy atom. The molecule has 34 heavy (non-hydrogen) atoms. The van der Waals surface area contributed by atoms with Crippen LogP contribution in [0.15, 0.2) is 42.5 Å². The molecule has 1 saturated heterocycles. The number of rotatable bonds is 10. The molecule has 8 nitrogen and oxygen atoms in total. The summed E-state index contributed by atoms with van der Waals surface area (Å²) in [7, 11) is 5.73. The summed E-state index contributed by atoms with van der Waals surface area (Å²) in [5, 5.41) is 5.92. The first-order valence-corrected chi connectivity index (χ1v) is 11.9. The van der Waals surface area contributed by atoms with Crippen molar-refractivity contribution in [3.05, 3.63) is 48.0 Å². The van der Waals surface area contributed by atoms with Crippen molar-refractivity contribution in [1.29, 1.82) is 0 Å². The molecule has 3 rings (SSSR count). The molecule has 8 heteroatoms. The largest absolute Gasteiger partial charge is 0.495 e. The molecule has 1 aliphatic rings. The van der Waals surface area contributed by atoms with Gasteiger partial charge >= 0.3 is 0 Å².